The van der Waals surface area contributed by atoms with E-state index in [0.717, 1.165) is 50.4 Å². The highest BCUT2D eigenvalue weighted by molar-refractivity contribution is 5.76. The number of piperidine rings is 1. The molecule has 1 amide bonds. The molecule has 5 nitrogen and oxygen atoms in total. The van der Waals surface area contributed by atoms with Crippen molar-refractivity contribution in [2.24, 2.45) is 11.7 Å². The number of rotatable bonds is 4. The van der Waals surface area contributed by atoms with E-state index in [1.54, 1.807) is 0 Å². The zero-order valence-corrected chi connectivity index (χ0v) is 11.1. The largest absolute Gasteiger partial charge is 0.369 e. The van der Waals surface area contributed by atoms with Crippen molar-refractivity contribution in [3.8, 4) is 0 Å². The smallest absolute Gasteiger partial charge is 0.220 e. The van der Waals surface area contributed by atoms with Gasteiger partial charge in [0, 0.05) is 18.0 Å². The average Bonchev–Trinajstić information content (AvgIpc) is 2.67. The monoisotopic (exact) mass is 251 g/mol. The first-order valence-corrected chi connectivity index (χ1v) is 6.51. The number of nitrogens with zero attached hydrogens (tertiary/aromatic N) is 2. The van der Waals surface area contributed by atoms with Crippen molar-refractivity contribution in [2.75, 3.05) is 19.6 Å². The van der Waals surface area contributed by atoms with Crippen LogP contribution in [-0.2, 0) is 11.2 Å². The summed E-state index contributed by atoms with van der Waals surface area (Å²) in [6.45, 7) is 6.84. The summed E-state index contributed by atoms with van der Waals surface area (Å²) in [5, 5.41) is 3.96. The molecule has 1 aliphatic rings. The van der Waals surface area contributed by atoms with E-state index in [4.69, 9.17) is 10.3 Å². The van der Waals surface area contributed by atoms with Crippen LogP contribution in [0, 0.1) is 19.8 Å². The maximum atomic E-state index is 11.1. The van der Waals surface area contributed by atoms with Gasteiger partial charge in [-0.25, -0.2) is 0 Å². The van der Waals surface area contributed by atoms with Gasteiger partial charge in [0.15, 0.2) is 0 Å². The van der Waals surface area contributed by atoms with Crippen molar-refractivity contribution in [3.63, 3.8) is 0 Å². The number of primary amides is 1. The number of carbonyl (C=O) groups excluding carboxylic acids is 1. The number of hydrogen-bond donors (Lipinski definition) is 1. The van der Waals surface area contributed by atoms with Crippen molar-refractivity contribution in [1.29, 1.82) is 0 Å². The van der Waals surface area contributed by atoms with E-state index in [1.807, 2.05) is 13.8 Å². The Morgan fingerprint density at radius 3 is 2.61 bits per heavy atom. The van der Waals surface area contributed by atoms with Crippen LogP contribution in [0.25, 0.3) is 0 Å². The van der Waals surface area contributed by atoms with Crippen LogP contribution >= 0.6 is 0 Å². The number of aryl methyl sites for hydroxylation is 2. The minimum atomic E-state index is -0.152. The summed E-state index contributed by atoms with van der Waals surface area (Å²) < 4.78 is 5.15. The van der Waals surface area contributed by atoms with Crippen LogP contribution in [0.1, 0.15) is 29.9 Å². The Bertz CT molecular complexity index is 400. The van der Waals surface area contributed by atoms with Crippen LogP contribution in [-0.4, -0.2) is 35.6 Å². The number of likely N-dealkylation sites (tertiary alicyclic amines) is 1. The van der Waals surface area contributed by atoms with Gasteiger partial charge in [-0.2, -0.15) is 0 Å². The Morgan fingerprint density at radius 1 is 1.44 bits per heavy atom. The molecule has 2 rings (SSSR count). The molecule has 0 spiro atoms. The van der Waals surface area contributed by atoms with Gasteiger partial charge in [-0.15, -0.1) is 0 Å². The second-order valence-electron chi connectivity index (χ2n) is 5.07. The third kappa shape index (κ3) is 2.90. The molecule has 1 saturated heterocycles. The van der Waals surface area contributed by atoms with Crippen LogP contribution < -0.4 is 5.73 Å². The first-order valence-electron chi connectivity index (χ1n) is 6.51. The quantitative estimate of drug-likeness (QED) is 0.867. The fourth-order valence-electron chi connectivity index (χ4n) is 2.57. The molecular formula is C13H21N3O2. The topological polar surface area (TPSA) is 72.4 Å². The third-order valence-electron chi connectivity index (χ3n) is 3.85. The highest BCUT2D eigenvalue weighted by atomic mass is 16.5. The van der Waals surface area contributed by atoms with Crippen LogP contribution in [0.15, 0.2) is 4.52 Å². The Kier molecular flexibility index (Phi) is 4.01. The molecule has 0 aliphatic carbocycles. The first kappa shape index (κ1) is 13.1. The number of amides is 1. The Labute approximate surface area is 107 Å². The molecule has 2 N–H and O–H groups in total. The van der Waals surface area contributed by atoms with Crippen molar-refractivity contribution < 1.29 is 9.32 Å². The van der Waals surface area contributed by atoms with Crippen molar-refractivity contribution in [2.45, 2.75) is 33.1 Å². The summed E-state index contributed by atoms with van der Waals surface area (Å²) in [7, 11) is 0. The third-order valence-corrected chi connectivity index (χ3v) is 3.85. The highest BCUT2D eigenvalue weighted by Gasteiger charge is 2.23. The normalized spacial score (nSPS) is 18.1. The van der Waals surface area contributed by atoms with Gasteiger partial charge in [-0.3, -0.25) is 4.79 Å². The van der Waals surface area contributed by atoms with Crippen LogP contribution in [0.2, 0.25) is 0 Å². The predicted octanol–water partition coefficient (Wildman–Crippen LogP) is 1.03. The van der Waals surface area contributed by atoms with Crippen molar-refractivity contribution in [1.82, 2.24) is 10.1 Å². The fourth-order valence-corrected chi connectivity index (χ4v) is 2.57. The molecule has 100 valence electrons. The zero-order chi connectivity index (χ0) is 13.1. The van der Waals surface area contributed by atoms with Gasteiger partial charge in [-0.05, 0) is 46.2 Å². The molecule has 1 fully saturated rings. The summed E-state index contributed by atoms with van der Waals surface area (Å²) >= 11 is 0. The summed E-state index contributed by atoms with van der Waals surface area (Å²) in [4.78, 5) is 13.5. The minimum absolute atomic E-state index is 0.0697. The second kappa shape index (κ2) is 5.52. The summed E-state index contributed by atoms with van der Waals surface area (Å²) in [6, 6.07) is 0. The molecule has 1 aromatic heterocycles. The van der Waals surface area contributed by atoms with Crippen LogP contribution in [0.4, 0.5) is 0 Å². The van der Waals surface area contributed by atoms with Gasteiger partial charge in [0.25, 0.3) is 0 Å². The van der Waals surface area contributed by atoms with E-state index in [9.17, 15) is 4.79 Å². The molecule has 0 bridgehead atoms. The SMILES string of the molecule is Cc1noc(C)c1CCN1CCC(C(N)=O)CC1. The van der Waals surface area contributed by atoms with Crippen LogP contribution in [0.5, 0.6) is 0 Å². The minimum Gasteiger partial charge on any atom is -0.369 e. The first-order chi connectivity index (χ1) is 8.58. The van der Waals surface area contributed by atoms with E-state index in [0.29, 0.717) is 0 Å². The van der Waals surface area contributed by atoms with Crippen molar-refractivity contribution >= 4 is 5.91 Å². The van der Waals surface area contributed by atoms with Gasteiger partial charge in [0.2, 0.25) is 5.91 Å². The lowest BCUT2D eigenvalue weighted by Gasteiger charge is -2.30. The molecular weight excluding hydrogens is 230 g/mol. The average molecular weight is 251 g/mol. The van der Waals surface area contributed by atoms with Gasteiger partial charge in [0.1, 0.15) is 5.76 Å². The van der Waals surface area contributed by atoms with Gasteiger partial charge in [0.05, 0.1) is 5.69 Å². The van der Waals surface area contributed by atoms with E-state index in [1.165, 1.54) is 5.56 Å². The van der Waals surface area contributed by atoms with Gasteiger partial charge >= 0.3 is 0 Å². The molecule has 0 unspecified atom stereocenters. The van der Waals surface area contributed by atoms with E-state index in [2.05, 4.69) is 10.1 Å². The fraction of sp³-hybridized carbons (Fsp3) is 0.692. The molecule has 0 atom stereocenters. The lowest BCUT2D eigenvalue weighted by Crippen LogP contribution is -2.39. The maximum Gasteiger partial charge on any atom is 0.220 e. The zero-order valence-electron chi connectivity index (χ0n) is 11.1. The molecule has 1 aliphatic heterocycles. The number of hydrogen-bond acceptors (Lipinski definition) is 4. The Balaban J connectivity index is 1.81. The maximum absolute atomic E-state index is 11.1. The lowest BCUT2D eigenvalue weighted by atomic mass is 9.96. The van der Waals surface area contributed by atoms with E-state index in [-0.39, 0.29) is 11.8 Å². The highest BCUT2D eigenvalue weighted by Crippen LogP contribution is 2.18. The summed E-state index contributed by atoms with van der Waals surface area (Å²) in [5.41, 5.74) is 7.53. The molecule has 2 heterocycles. The van der Waals surface area contributed by atoms with E-state index < -0.39 is 0 Å². The predicted molar refractivity (Wildman–Crippen MR) is 68.0 cm³/mol. The van der Waals surface area contributed by atoms with Gasteiger partial charge in [-0.1, -0.05) is 5.16 Å². The molecule has 0 saturated carbocycles. The van der Waals surface area contributed by atoms with Gasteiger partial charge < -0.3 is 15.2 Å². The molecule has 5 heteroatoms. The number of nitrogens with two attached hydrogens (primary N) is 1. The summed E-state index contributed by atoms with van der Waals surface area (Å²) in [6.07, 6.45) is 2.73. The lowest BCUT2D eigenvalue weighted by molar-refractivity contribution is -0.123. The second-order valence-corrected chi connectivity index (χ2v) is 5.07. The summed E-state index contributed by atoms with van der Waals surface area (Å²) in [5.74, 6) is 0.834. The van der Waals surface area contributed by atoms with Crippen LogP contribution in [0.3, 0.4) is 0 Å². The molecule has 0 radical (unpaired) electrons. The van der Waals surface area contributed by atoms with Crippen molar-refractivity contribution in [3.05, 3.63) is 17.0 Å². The standard InChI is InChI=1S/C13H21N3O2/c1-9-12(10(2)18-15-9)5-8-16-6-3-11(4-7-16)13(14)17/h11H,3-8H2,1-2H3,(H2,14,17). The molecule has 18 heavy (non-hydrogen) atoms. The number of carbonyl (C=O) groups is 1. The van der Waals surface area contributed by atoms with E-state index >= 15 is 0 Å². The molecule has 0 aromatic carbocycles. The Hall–Kier alpha value is -1.36. The number of aromatic nitrogens is 1. The Morgan fingerprint density at radius 2 is 2.11 bits per heavy atom. The molecule has 1 aromatic rings.